The number of carbonyl (C=O) groups is 1. The minimum Gasteiger partial charge on any atom is -0.474 e. The summed E-state index contributed by atoms with van der Waals surface area (Å²) in [4.78, 5) is 30.1. The zero-order valence-corrected chi connectivity index (χ0v) is 22.1. The predicted molar refractivity (Wildman–Crippen MR) is 148 cm³/mol. The van der Waals surface area contributed by atoms with E-state index in [4.69, 9.17) is 4.74 Å². The summed E-state index contributed by atoms with van der Waals surface area (Å²) in [5, 5.41) is 16.0. The van der Waals surface area contributed by atoms with Crippen molar-refractivity contribution in [3.05, 3.63) is 79.7 Å². The second kappa shape index (κ2) is 10.8. The van der Waals surface area contributed by atoms with Crippen LogP contribution in [0.5, 0.6) is 0 Å². The summed E-state index contributed by atoms with van der Waals surface area (Å²) in [7, 11) is 0. The Kier molecular flexibility index (Phi) is 7.60. The number of hydrogen-bond donors (Lipinski definition) is 2. The van der Waals surface area contributed by atoms with Crippen LogP contribution in [-0.2, 0) is 16.1 Å². The molecular weight excluding hydrogens is 486 g/mol. The number of thiazole rings is 1. The third-order valence-electron chi connectivity index (χ3n) is 5.77. The average molecular weight is 516 g/mol. The van der Waals surface area contributed by atoms with Crippen molar-refractivity contribution in [2.45, 2.75) is 40.3 Å². The van der Waals surface area contributed by atoms with Crippen LogP contribution in [0.25, 0.3) is 11.8 Å². The topological polar surface area (TPSA) is 109 Å². The number of anilines is 2. The molecule has 0 aliphatic carbocycles. The van der Waals surface area contributed by atoms with Gasteiger partial charge in [0.15, 0.2) is 0 Å². The molecule has 9 heteroatoms. The van der Waals surface area contributed by atoms with Gasteiger partial charge < -0.3 is 15.4 Å². The molecule has 4 rings (SSSR count). The molecule has 0 bridgehead atoms. The molecule has 0 spiro atoms. The van der Waals surface area contributed by atoms with E-state index >= 15 is 0 Å². The lowest BCUT2D eigenvalue weighted by Crippen LogP contribution is -2.32. The van der Waals surface area contributed by atoms with Crippen molar-refractivity contribution < 1.29 is 9.53 Å². The van der Waals surface area contributed by atoms with Gasteiger partial charge in [-0.3, -0.25) is 14.2 Å². The fourth-order valence-corrected chi connectivity index (χ4v) is 4.77. The fourth-order valence-electron chi connectivity index (χ4n) is 3.69. The van der Waals surface area contributed by atoms with Crippen molar-refractivity contribution in [3.63, 3.8) is 0 Å². The lowest BCUT2D eigenvalue weighted by atomic mass is 9.95. The SMILES string of the molecule is CCn1c(=C(C#N)C2=N[C@H](c3ccccc3)CO2)sc(=CNc2cccc(NC(=O)C(C)(C)C)c2)c1=O. The van der Waals surface area contributed by atoms with E-state index in [0.717, 1.165) is 5.56 Å². The molecule has 0 saturated carbocycles. The van der Waals surface area contributed by atoms with Gasteiger partial charge in [-0.1, -0.05) is 57.2 Å². The Morgan fingerprint density at radius 1 is 1.22 bits per heavy atom. The fraction of sp³-hybridized carbons (Fsp3) is 0.286. The number of rotatable bonds is 6. The van der Waals surface area contributed by atoms with Gasteiger partial charge in [-0.25, -0.2) is 4.99 Å². The van der Waals surface area contributed by atoms with E-state index in [2.05, 4.69) is 21.7 Å². The third-order valence-corrected chi connectivity index (χ3v) is 6.90. The Balaban J connectivity index is 1.67. The van der Waals surface area contributed by atoms with Crippen LogP contribution < -0.4 is 25.4 Å². The van der Waals surface area contributed by atoms with Crippen LogP contribution in [0.2, 0.25) is 0 Å². The van der Waals surface area contributed by atoms with Crippen LogP contribution >= 0.6 is 11.3 Å². The normalized spacial score (nSPS) is 16.5. The number of aromatic nitrogens is 1. The zero-order chi connectivity index (χ0) is 26.6. The van der Waals surface area contributed by atoms with Gasteiger partial charge in [-0.05, 0) is 30.7 Å². The van der Waals surface area contributed by atoms with Gasteiger partial charge in [0.1, 0.15) is 33.5 Å². The number of nitrogens with zero attached hydrogens (tertiary/aromatic N) is 3. The Labute approximate surface area is 219 Å². The van der Waals surface area contributed by atoms with E-state index in [1.165, 1.54) is 11.3 Å². The molecule has 2 N–H and O–H groups in total. The van der Waals surface area contributed by atoms with E-state index in [0.29, 0.717) is 33.7 Å². The highest BCUT2D eigenvalue weighted by atomic mass is 32.1. The van der Waals surface area contributed by atoms with E-state index in [9.17, 15) is 14.9 Å². The predicted octanol–water partition coefficient (Wildman–Crippen LogP) is 3.61. The first kappa shape index (κ1) is 25.9. The molecule has 1 aliphatic rings. The maximum absolute atomic E-state index is 13.1. The van der Waals surface area contributed by atoms with Gasteiger partial charge in [-0.2, -0.15) is 5.26 Å². The summed E-state index contributed by atoms with van der Waals surface area (Å²) in [6, 6.07) is 19.0. The minimum atomic E-state index is -0.516. The van der Waals surface area contributed by atoms with Gasteiger partial charge in [0.2, 0.25) is 11.8 Å². The molecule has 0 unspecified atom stereocenters. The largest absolute Gasteiger partial charge is 0.474 e. The van der Waals surface area contributed by atoms with E-state index in [1.54, 1.807) is 22.9 Å². The lowest BCUT2D eigenvalue weighted by Gasteiger charge is -2.18. The molecular formula is C28H29N5O3S. The Morgan fingerprint density at radius 3 is 2.62 bits per heavy atom. The number of aliphatic imine (C=N–C) groups is 1. The third kappa shape index (κ3) is 5.81. The van der Waals surface area contributed by atoms with Gasteiger partial charge in [0, 0.05) is 29.5 Å². The summed E-state index contributed by atoms with van der Waals surface area (Å²) in [6.07, 6.45) is 1.62. The Bertz CT molecular complexity index is 1560. The van der Waals surface area contributed by atoms with Crippen LogP contribution in [0.4, 0.5) is 11.4 Å². The second-order valence-corrected chi connectivity index (χ2v) is 10.6. The molecule has 1 aromatic heterocycles. The number of ether oxygens (including phenoxy) is 1. The summed E-state index contributed by atoms with van der Waals surface area (Å²) < 4.78 is 8.29. The monoisotopic (exact) mass is 515 g/mol. The molecule has 0 saturated heterocycles. The second-order valence-electron chi connectivity index (χ2n) is 9.55. The van der Waals surface area contributed by atoms with Crippen molar-refractivity contribution in [2.24, 2.45) is 10.4 Å². The molecule has 3 aromatic rings. The highest BCUT2D eigenvalue weighted by molar-refractivity contribution is 7.07. The maximum Gasteiger partial charge on any atom is 0.270 e. The number of nitriles is 1. The van der Waals surface area contributed by atoms with Crippen molar-refractivity contribution in [1.82, 2.24) is 4.57 Å². The summed E-state index contributed by atoms with van der Waals surface area (Å²) >= 11 is 1.21. The summed E-state index contributed by atoms with van der Waals surface area (Å²) in [5.74, 6) is 0.162. The van der Waals surface area contributed by atoms with Crippen LogP contribution in [0, 0.1) is 16.7 Å². The number of nitrogens with one attached hydrogen (secondary N) is 2. The molecule has 0 fully saturated rings. The van der Waals surface area contributed by atoms with E-state index in [1.807, 2.05) is 70.2 Å². The number of amides is 1. The molecule has 2 aromatic carbocycles. The first-order valence-electron chi connectivity index (χ1n) is 12.0. The number of carbonyl (C=O) groups excluding carboxylic acids is 1. The molecule has 8 nitrogen and oxygen atoms in total. The number of hydrogen-bond acceptors (Lipinski definition) is 7. The Morgan fingerprint density at radius 2 is 1.95 bits per heavy atom. The molecule has 190 valence electrons. The minimum absolute atomic E-state index is 0.0894. The summed E-state index contributed by atoms with van der Waals surface area (Å²) in [6.45, 7) is 8.14. The van der Waals surface area contributed by atoms with Gasteiger partial charge in [-0.15, -0.1) is 11.3 Å². The first-order valence-corrected chi connectivity index (χ1v) is 12.8. The van der Waals surface area contributed by atoms with Crippen LogP contribution in [-0.4, -0.2) is 23.0 Å². The standard InChI is InChI=1S/C28H29N5O3S/c1-5-33-25(34)23(16-30-19-12-9-13-20(14-19)31-27(35)28(2,3)4)37-26(33)21(15-29)24-32-22(17-36-24)18-10-7-6-8-11-18/h6-14,16,22,30H,5,17H2,1-4H3,(H,31,35)/t22-/m0/s1. The molecule has 1 amide bonds. The molecule has 37 heavy (non-hydrogen) atoms. The molecule has 1 aliphatic heterocycles. The van der Waals surface area contributed by atoms with Crippen molar-refractivity contribution >= 4 is 46.3 Å². The van der Waals surface area contributed by atoms with Crippen molar-refractivity contribution in [1.29, 1.82) is 5.26 Å². The Hall–Kier alpha value is -4.16. The zero-order valence-electron chi connectivity index (χ0n) is 21.2. The van der Waals surface area contributed by atoms with Gasteiger partial charge in [0.25, 0.3) is 5.56 Å². The smallest absolute Gasteiger partial charge is 0.270 e. The highest BCUT2D eigenvalue weighted by Crippen LogP contribution is 2.25. The van der Waals surface area contributed by atoms with Crippen LogP contribution in [0.3, 0.4) is 0 Å². The van der Waals surface area contributed by atoms with Crippen molar-refractivity contribution in [3.8, 4) is 6.07 Å². The lowest BCUT2D eigenvalue weighted by molar-refractivity contribution is -0.123. The number of benzene rings is 2. The summed E-state index contributed by atoms with van der Waals surface area (Å²) in [5.41, 5.74) is 1.89. The quantitative estimate of drug-likeness (QED) is 0.521. The van der Waals surface area contributed by atoms with Crippen LogP contribution in [0.15, 0.2) is 64.4 Å². The van der Waals surface area contributed by atoms with Crippen molar-refractivity contribution in [2.75, 3.05) is 17.2 Å². The first-order chi connectivity index (χ1) is 17.7. The molecule has 0 radical (unpaired) electrons. The van der Waals surface area contributed by atoms with E-state index in [-0.39, 0.29) is 29.0 Å². The average Bonchev–Trinajstić information content (AvgIpc) is 3.48. The van der Waals surface area contributed by atoms with E-state index < -0.39 is 5.41 Å². The highest BCUT2D eigenvalue weighted by Gasteiger charge is 2.25. The molecule has 2 heterocycles. The van der Waals surface area contributed by atoms with Gasteiger partial charge in [0.05, 0.1) is 0 Å². The van der Waals surface area contributed by atoms with Gasteiger partial charge >= 0.3 is 0 Å². The maximum atomic E-state index is 13.1. The van der Waals surface area contributed by atoms with Crippen LogP contribution in [0.1, 0.15) is 39.3 Å². The molecule has 1 atom stereocenters.